The van der Waals surface area contributed by atoms with Crippen LogP contribution in [0.1, 0.15) is 155 Å². The van der Waals surface area contributed by atoms with E-state index in [0.29, 0.717) is 19.6 Å². The standard InChI is InChI=1S/C30H56O6/c1-3-5-7-9-11-13-15-17-19-24-33-29(31)35-27-22-21-23-28(26-27)36-30(32)34-25-20-18-16-14-12-10-8-6-4-2/h27-28H,3-26H2,1-2H3. The fourth-order valence-electron chi connectivity index (χ4n) is 4.79. The summed E-state index contributed by atoms with van der Waals surface area (Å²) in [5.74, 6) is 0. The molecule has 2 unspecified atom stereocenters. The van der Waals surface area contributed by atoms with Crippen molar-refractivity contribution in [2.45, 2.75) is 167 Å². The van der Waals surface area contributed by atoms with Crippen LogP contribution in [0.2, 0.25) is 0 Å². The van der Waals surface area contributed by atoms with E-state index in [-0.39, 0.29) is 12.2 Å². The topological polar surface area (TPSA) is 71.1 Å². The predicted molar refractivity (Wildman–Crippen MR) is 145 cm³/mol. The highest BCUT2D eigenvalue weighted by Crippen LogP contribution is 2.24. The molecule has 2 atom stereocenters. The molecule has 212 valence electrons. The summed E-state index contributed by atoms with van der Waals surface area (Å²) in [6.45, 7) is 5.29. The number of carbonyl (C=O) groups is 2. The van der Waals surface area contributed by atoms with E-state index in [2.05, 4.69) is 13.8 Å². The number of hydrogen-bond donors (Lipinski definition) is 0. The van der Waals surface area contributed by atoms with Crippen molar-refractivity contribution in [2.24, 2.45) is 0 Å². The first-order valence-electron chi connectivity index (χ1n) is 15.3. The van der Waals surface area contributed by atoms with Crippen molar-refractivity contribution in [1.82, 2.24) is 0 Å². The fourth-order valence-corrected chi connectivity index (χ4v) is 4.79. The molecule has 1 rings (SSSR count). The van der Waals surface area contributed by atoms with Gasteiger partial charge in [-0.1, -0.05) is 117 Å². The van der Waals surface area contributed by atoms with Gasteiger partial charge in [0.05, 0.1) is 13.2 Å². The largest absolute Gasteiger partial charge is 0.508 e. The zero-order valence-electron chi connectivity index (χ0n) is 23.6. The summed E-state index contributed by atoms with van der Waals surface area (Å²) < 4.78 is 21.4. The van der Waals surface area contributed by atoms with Gasteiger partial charge in [-0.3, -0.25) is 0 Å². The first-order valence-corrected chi connectivity index (χ1v) is 15.3. The summed E-state index contributed by atoms with van der Waals surface area (Å²) in [6, 6.07) is 0. The van der Waals surface area contributed by atoms with Gasteiger partial charge in [0.2, 0.25) is 0 Å². The van der Waals surface area contributed by atoms with Crippen molar-refractivity contribution >= 4 is 12.3 Å². The molecule has 0 amide bonds. The molecule has 0 spiro atoms. The number of carbonyl (C=O) groups excluding carboxylic acids is 2. The van der Waals surface area contributed by atoms with Gasteiger partial charge >= 0.3 is 12.3 Å². The van der Waals surface area contributed by atoms with E-state index >= 15 is 0 Å². The van der Waals surface area contributed by atoms with Crippen molar-refractivity contribution in [3.05, 3.63) is 0 Å². The SMILES string of the molecule is CCCCCCCCCCCOC(=O)OC1CCCC(OC(=O)OCCCCCCCCCCC)C1. The van der Waals surface area contributed by atoms with E-state index < -0.39 is 12.3 Å². The van der Waals surface area contributed by atoms with Crippen LogP contribution in [-0.4, -0.2) is 37.7 Å². The molecule has 1 aliphatic carbocycles. The second-order valence-electron chi connectivity index (χ2n) is 10.5. The first-order chi connectivity index (χ1) is 17.7. The maximum atomic E-state index is 12.0. The molecule has 0 aromatic rings. The number of rotatable bonds is 22. The van der Waals surface area contributed by atoms with Gasteiger partial charge in [0.15, 0.2) is 0 Å². The van der Waals surface area contributed by atoms with Crippen LogP contribution in [0.3, 0.4) is 0 Å². The monoisotopic (exact) mass is 512 g/mol. The summed E-state index contributed by atoms with van der Waals surface area (Å²) in [5.41, 5.74) is 0. The molecule has 0 N–H and O–H groups in total. The molecule has 6 heteroatoms. The minimum absolute atomic E-state index is 0.260. The van der Waals surface area contributed by atoms with Crippen molar-refractivity contribution < 1.29 is 28.5 Å². The van der Waals surface area contributed by atoms with Crippen molar-refractivity contribution in [1.29, 1.82) is 0 Å². The van der Waals surface area contributed by atoms with Gasteiger partial charge in [0.1, 0.15) is 12.2 Å². The highest BCUT2D eigenvalue weighted by atomic mass is 16.7. The average Bonchev–Trinajstić information content (AvgIpc) is 2.86. The van der Waals surface area contributed by atoms with Gasteiger partial charge in [0.25, 0.3) is 0 Å². The summed E-state index contributed by atoms with van der Waals surface area (Å²) in [7, 11) is 0. The van der Waals surface area contributed by atoms with Crippen LogP contribution < -0.4 is 0 Å². The minimum atomic E-state index is -0.604. The molecular formula is C30H56O6. The molecule has 0 saturated heterocycles. The zero-order chi connectivity index (χ0) is 26.1. The molecule has 0 aromatic carbocycles. The highest BCUT2D eigenvalue weighted by Gasteiger charge is 2.28. The highest BCUT2D eigenvalue weighted by molar-refractivity contribution is 5.60. The first kappa shape index (κ1) is 32.6. The van der Waals surface area contributed by atoms with Crippen LogP contribution >= 0.6 is 0 Å². The van der Waals surface area contributed by atoms with E-state index in [1.807, 2.05) is 0 Å². The Hall–Kier alpha value is -1.46. The second-order valence-corrected chi connectivity index (χ2v) is 10.5. The molecule has 0 bridgehead atoms. The molecule has 6 nitrogen and oxygen atoms in total. The van der Waals surface area contributed by atoms with Crippen LogP contribution in [-0.2, 0) is 18.9 Å². The summed E-state index contributed by atoms with van der Waals surface area (Å²) >= 11 is 0. The Labute approximate surface area is 221 Å². The quantitative estimate of drug-likeness (QED) is 0.106. The van der Waals surface area contributed by atoms with Gasteiger partial charge in [-0.25, -0.2) is 9.59 Å². The van der Waals surface area contributed by atoms with E-state index in [1.54, 1.807) is 0 Å². The molecule has 36 heavy (non-hydrogen) atoms. The van der Waals surface area contributed by atoms with Crippen LogP contribution in [0, 0.1) is 0 Å². The Morgan fingerprint density at radius 2 is 0.861 bits per heavy atom. The van der Waals surface area contributed by atoms with E-state index in [1.165, 1.54) is 89.9 Å². The smallest absolute Gasteiger partial charge is 0.434 e. The molecular weight excluding hydrogens is 456 g/mol. The molecule has 1 fully saturated rings. The average molecular weight is 513 g/mol. The number of ether oxygens (including phenoxy) is 4. The van der Waals surface area contributed by atoms with Crippen molar-refractivity contribution in [3.63, 3.8) is 0 Å². The van der Waals surface area contributed by atoms with Crippen LogP contribution in [0.5, 0.6) is 0 Å². The normalized spacial score (nSPS) is 17.5. The third kappa shape index (κ3) is 19.7. The third-order valence-corrected chi connectivity index (χ3v) is 7.04. The van der Waals surface area contributed by atoms with Crippen LogP contribution in [0.4, 0.5) is 9.59 Å². The lowest BCUT2D eigenvalue weighted by atomic mass is 9.95. The lowest BCUT2D eigenvalue weighted by molar-refractivity contribution is -0.0350. The van der Waals surface area contributed by atoms with Gasteiger partial charge in [-0.15, -0.1) is 0 Å². The molecule has 0 heterocycles. The van der Waals surface area contributed by atoms with Crippen LogP contribution in [0.15, 0.2) is 0 Å². The molecule has 0 aliphatic heterocycles. The van der Waals surface area contributed by atoms with Crippen LogP contribution in [0.25, 0.3) is 0 Å². The lowest BCUT2D eigenvalue weighted by Gasteiger charge is -2.28. The maximum Gasteiger partial charge on any atom is 0.508 e. The Morgan fingerprint density at radius 1 is 0.528 bits per heavy atom. The van der Waals surface area contributed by atoms with E-state index in [9.17, 15) is 9.59 Å². The molecule has 1 aliphatic rings. The molecule has 0 radical (unpaired) electrons. The van der Waals surface area contributed by atoms with Gasteiger partial charge in [0, 0.05) is 6.42 Å². The summed E-state index contributed by atoms with van der Waals surface area (Å²) in [6.07, 6.45) is 23.3. The molecule has 1 saturated carbocycles. The van der Waals surface area contributed by atoms with Gasteiger partial charge < -0.3 is 18.9 Å². The fraction of sp³-hybridized carbons (Fsp3) is 0.933. The van der Waals surface area contributed by atoms with E-state index in [0.717, 1.165) is 44.9 Å². The van der Waals surface area contributed by atoms with Gasteiger partial charge in [-0.2, -0.15) is 0 Å². The Balaban J connectivity index is 1.99. The lowest BCUT2D eigenvalue weighted by Crippen LogP contribution is -2.32. The zero-order valence-corrected chi connectivity index (χ0v) is 23.6. The predicted octanol–water partition coefficient (Wildman–Crippen LogP) is 9.67. The summed E-state index contributed by atoms with van der Waals surface area (Å²) in [4.78, 5) is 24.0. The molecule has 0 aromatic heterocycles. The Bertz CT molecular complexity index is 480. The van der Waals surface area contributed by atoms with Crippen molar-refractivity contribution in [3.8, 4) is 0 Å². The Kier molecular flexibility index (Phi) is 21.6. The third-order valence-electron chi connectivity index (χ3n) is 7.04. The van der Waals surface area contributed by atoms with Crippen molar-refractivity contribution in [2.75, 3.05) is 13.2 Å². The van der Waals surface area contributed by atoms with Gasteiger partial charge in [-0.05, 0) is 32.1 Å². The minimum Gasteiger partial charge on any atom is -0.434 e. The summed E-state index contributed by atoms with van der Waals surface area (Å²) in [5, 5.41) is 0. The number of hydrogen-bond acceptors (Lipinski definition) is 6. The Morgan fingerprint density at radius 3 is 1.22 bits per heavy atom. The van der Waals surface area contributed by atoms with E-state index in [4.69, 9.17) is 18.9 Å². The number of unbranched alkanes of at least 4 members (excludes halogenated alkanes) is 16. The maximum absolute atomic E-state index is 12.0. The second kappa shape index (κ2) is 23.9.